The summed E-state index contributed by atoms with van der Waals surface area (Å²) in [6, 6.07) is 4.96. The molecule has 1 saturated heterocycles. The van der Waals surface area contributed by atoms with Crippen LogP contribution in [0, 0.1) is 6.92 Å². The third kappa shape index (κ3) is 3.17. The molecule has 1 fully saturated rings. The van der Waals surface area contributed by atoms with E-state index in [1.54, 1.807) is 0 Å². The first-order chi connectivity index (χ1) is 9.91. The number of amides is 1. The maximum atomic E-state index is 12.7. The molecule has 1 aliphatic rings. The van der Waals surface area contributed by atoms with Crippen LogP contribution >= 0.6 is 0 Å². The van der Waals surface area contributed by atoms with Crippen molar-refractivity contribution in [2.45, 2.75) is 32.7 Å². The number of aliphatic carboxylic acids is 1. The second-order valence-corrected chi connectivity index (χ2v) is 5.65. The number of carbonyl (C=O) groups is 2. The lowest BCUT2D eigenvalue weighted by Gasteiger charge is -2.26. The number of aryl methyl sites for hydroxylation is 1. The summed E-state index contributed by atoms with van der Waals surface area (Å²) in [5, 5.41) is 9.08. The average Bonchev–Trinajstić information content (AvgIpc) is 2.98. The van der Waals surface area contributed by atoms with Crippen LogP contribution in [0.15, 0.2) is 18.2 Å². The summed E-state index contributed by atoms with van der Waals surface area (Å²) in [7, 11) is 1.54. The quantitative estimate of drug-likeness (QED) is 0.923. The molecule has 1 aromatic carbocycles. The molecule has 5 heteroatoms. The molecule has 1 aromatic rings. The molecular formula is C16H22N2O3. The second-order valence-electron chi connectivity index (χ2n) is 5.65. The number of carbonyl (C=O) groups excluding carboxylic acids is 1. The van der Waals surface area contributed by atoms with Gasteiger partial charge in [0, 0.05) is 25.8 Å². The first kappa shape index (κ1) is 15.4. The lowest BCUT2D eigenvalue weighted by atomic mass is 10.1. The van der Waals surface area contributed by atoms with Crippen molar-refractivity contribution in [3.63, 3.8) is 0 Å². The van der Waals surface area contributed by atoms with E-state index in [2.05, 4.69) is 4.90 Å². The highest BCUT2D eigenvalue weighted by molar-refractivity contribution is 6.01. The molecule has 1 amide bonds. The van der Waals surface area contributed by atoms with Crippen LogP contribution in [-0.4, -0.2) is 48.1 Å². The van der Waals surface area contributed by atoms with Gasteiger partial charge in [0.25, 0.3) is 5.91 Å². The first-order valence-electron chi connectivity index (χ1n) is 7.27. The molecule has 2 rings (SSSR count). The molecule has 1 atom stereocenters. The second kappa shape index (κ2) is 6.16. The van der Waals surface area contributed by atoms with Gasteiger partial charge in [-0.3, -0.25) is 4.79 Å². The van der Waals surface area contributed by atoms with Crippen molar-refractivity contribution in [2.24, 2.45) is 0 Å². The Hall–Kier alpha value is -2.04. The van der Waals surface area contributed by atoms with Crippen LogP contribution in [-0.2, 0) is 4.79 Å². The van der Waals surface area contributed by atoms with Gasteiger partial charge in [0.05, 0.1) is 5.56 Å². The summed E-state index contributed by atoms with van der Waals surface area (Å²) < 4.78 is 0. The molecule has 114 valence electrons. The van der Waals surface area contributed by atoms with Gasteiger partial charge in [-0.25, -0.2) is 4.79 Å². The fraction of sp³-hybridized carbons (Fsp3) is 0.500. The van der Waals surface area contributed by atoms with Crippen LogP contribution in [0.5, 0.6) is 0 Å². The molecule has 0 bridgehead atoms. The molecule has 0 aromatic heterocycles. The number of carboxylic acids is 1. The van der Waals surface area contributed by atoms with Gasteiger partial charge in [0.15, 0.2) is 0 Å². The minimum Gasteiger partial charge on any atom is -0.480 e. The van der Waals surface area contributed by atoms with E-state index in [1.165, 1.54) is 18.9 Å². The van der Waals surface area contributed by atoms with Crippen molar-refractivity contribution >= 4 is 17.6 Å². The zero-order valence-electron chi connectivity index (χ0n) is 12.8. The van der Waals surface area contributed by atoms with Gasteiger partial charge in [-0.05, 0) is 38.8 Å². The van der Waals surface area contributed by atoms with Crippen molar-refractivity contribution in [1.82, 2.24) is 4.90 Å². The van der Waals surface area contributed by atoms with E-state index in [0.717, 1.165) is 37.2 Å². The number of carboxylic acid groups (broad SMARTS) is 1. The van der Waals surface area contributed by atoms with Crippen LogP contribution in [0.1, 0.15) is 35.7 Å². The first-order valence-corrected chi connectivity index (χ1v) is 7.27. The molecule has 1 unspecified atom stereocenters. The summed E-state index contributed by atoms with van der Waals surface area (Å²) in [5.74, 6) is -1.24. The number of hydrogen-bond donors (Lipinski definition) is 1. The van der Waals surface area contributed by atoms with Crippen molar-refractivity contribution < 1.29 is 14.7 Å². The Morgan fingerprint density at radius 3 is 2.48 bits per heavy atom. The smallest absolute Gasteiger partial charge is 0.326 e. The van der Waals surface area contributed by atoms with Crippen LogP contribution < -0.4 is 4.90 Å². The Morgan fingerprint density at radius 1 is 1.29 bits per heavy atom. The van der Waals surface area contributed by atoms with Crippen molar-refractivity contribution in [3.05, 3.63) is 29.3 Å². The third-order valence-corrected chi connectivity index (χ3v) is 4.09. The monoisotopic (exact) mass is 290 g/mol. The average molecular weight is 290 g/mol. The Labute approximate surface area is 125 Å². The number of anilines is 1. The van der Waals surface area contributed by atoms with Crippen LogP contribution in [0.4, 0.5) is 5.69 Å². The molecule has 1 aliphatic heterocycles. The summed E-state index contributed by atoms with van der Waals surface area (Å²) in [6.07, 6.45) is 2.26. The van der Waals surface area contributed by atoms with Gasteiger partial charge in [0.2, 0.25) is 0 Å². The van der Waals surface area contributed by atoms with Gasteiger partial charge in [-0.2, -0.15) is 0 Å². The minimum absolute atomic E-state index is 0.240. The highest BCUT2D eigenvalue weighted by Crippen LogP contribution is 2.27. The molecular weight excluding hydrogens is 268 g/mol. The van der Waals surface area contributed by atoms with E-state index in [1.807, 2.05) is 25.1 Å². The predicted molar refractivity (Wildman–Crippen MR) is 81.8 cm³/mol. The van der Waals surface area contributed by atoms with Gasteiger partial charge in [-0.15, -0.1) is 0 Å². The normalized spacial score (nSPS) is 15.9. The summed E-state index contributed by atoms with van der Waals surface area (Å²) in [6.45, 7) is 5.35. The molecule has 1 heterocycles. The van der Waals surface area contributed by atoms with Crippen molar-refractivity contribution in [2.75, 3.05) is 25.0 Å². The number of nitrogens with zero attached hydrogens (tertiary/aromatic N) is 2. The molecule has 0 aliphatic carbocycles. The highest BCUT2D eigenvalue weighted by Gasteiger charge is 2.26. The Bertz CT molecular complexity index is 550. The van der Waals surface area contributed by atoms with Crippen LogP contribution in [0.25, 0.3) is 0 Å². The molecule has 0 radical (unpaired) electrons. The number of likely N-dealkylation sites (N-methyl/N-ethyl adjacent to an activating group) is 1. The fourth-order valence-electron chi connectivity index (χ4n) is 2.59. The van der Waals surface area contributed by atoms with E-state index < -0.39 is 12.0 Å². The summed E-state index contributed by atoms with van der Waals surface area (Å²) >= 11 is 0. The Kier molecular flexibility index (Phi) is 4.50. The molecule has 0 spiro atoms. The lowest BCUT2D eigenvalue weighted by molar-refractivity contribution is -0.141. The van der Waals surface area contributed by atoms with E-state index in [0.29, 0.717) is 5.56 Å². The molecule has 1 N–H and O–H groups in total. The van der Waals surface area contributed by atoms with E-state index in [4.69, 9.17) is 5.11 Å². The molecule has 5 nitrogen and oxygen atoms in total. The van der Waals surface area contributed by atoms with E-state index in [-0.39, 0.29) is 5.91 Å². The zero-order chi connectivity index (χ0) is 15.6. The molecule has 0 saturated carbocycles. The van der Waals surface area contributed by atoms with Gasteiger partial charge in [0.1, 0.15) is 6.04 Å². The lowest BCUT2D eigenvalue weighted by Crippen LogP contribution is -2.40. The van der Waals surface area contributed by atoms with Crippen LogP contribution in [0.2, 0.25) is 0 Å². The van der Waals surface area contributed by atoms with Crippen molar-refractivity contribution in [3.8, 4) is 0 Å². The number of benzene rings is 1. The van der Waals surface area contributed by atoms with Crippen molar-refractivity contribution in [1.29, 1.82) is 0 Å². The van der Waals surface area contributed by atoms with E-state index >= 15 is 0 Å². The summed E-state index contributed by atoms with van der Waals surface area (Å²) in [4.78, 5) is 27.2. The van der Waals surface area contributed by atoms with Gasteiger partial charge >= 0.3 is 5.97 Å². The maximum absolute atomic E-state index is 12.7. The van der Waals surface area contributed by atoms with Gasteiger partial charge < -0.3 is 14.9 Å². The topological polar surface area (TPSA) is 60.9 Å². The highest BCUT2D eigenvalue weighted by atomic mass is 16.4. The number of rotatable bonds is 4. The van der Waals surface area contributed by atoms with Gasteiger partial charge in [-0.1, -0.05) is 11.6 Å². The molecule has 21 heavy (non-hydrogen) atoms. The maximum Gasteiger partial charge on any atom is 0.326 e. The van der Waals surface area contributed by atoms with E-state index in [9.17, 15) is 9.59 Å². The van der Waals surface area contributed by atoms with Crippen LogP contribution in [0.3, 0.4) is 0 Å². The standard InChI is InChI=1S/C16H22N2O3/c1-11-6-7-14(18-8-4-5-9-18)13(10-11)15(19)17(3)12(2)16(20)21/h6-7,10,12H,4-5,8-9H2,1-3H3,(H,20,21). The Morgan fingerprint density at radius 2 is 1.90 bits per heavy atom. The minimum atomic E-state index is -0.999. The predicted octanol–water partition coefficient (Wildman–Crippen LogP) is 2.14. The summed E-state index contributed by atoms with van der Waals surface area (Å²) in [5.41, 5.74) is 2.50. The Balaban J connectivity index is 2.35. The third-order valence-electron chi connectivity index (χ3n) is 4.09. The fourth-order valence-corrected chi connectivity index (χ4v) is 2.59. The SMILES string of the molecule is Cc1ccc(N2CCCC2)c(C(=O)N(C)C(C)C(=O)O)c1. The number of hydrogen-bond acceptors (Lipinski definition) is 3. The zero-order valence-corrected chi connectivity index (χ0v) is 12.8. The largest absolute Gasteiger partial charge is 0.480 e.